The second-order valence-corrected chi connectivity index (χ2v) is 5.02. The maximum absolute atomic E-state index is 11.1. The molecule has 1 aromatic rings. The van der Waals surface area contributed by atoms with Crippen LogP contribution in [0.1, 0.15) is 0 Å². The van der Waals surface area contributed by atoms with E-state index < -0.39 is 9.84 Å². The van der Waals surface area contributed by atoms with Crippen molar-refractivity contribution in [1.29, 1.82) is 0 Å². The molecule has 0 amide bonds. The van der Waals surface area contributed by atoms with Crippen LogP contribution >= 0.6 is 23.2 Å². The van der Waals surface area contributed by atoms with Gasteiger partial charge in [0.25, 0.3) is 0 Å². The highest BCUT2D eigenvalue weighted by Gasteiger charge is 2.15. The van der Waals surface area contributed by atoms with E-state index in [9.17, 15) is 8.42 Å². The molecule has 0 unspecified atom stereocenters. The van der Waals surface area contributed by atoms with E-state index >= 15 is 0 Å². The van der Waals surface area contributed by atoms with Crippen molar-refractivity contribution < 1.29 is 8.42 Å². The van der Waals surface area contributed by atoms with Gasteiger partial charge < -0.3 is 0 Å². The molecule has 0 aromatic heterocycles. The van der Waals surface area contributed by atoms with Gasteiger partial charge in [-0.1, -0.05) is 23.2 Å². The van der Waals surface area contributed by atoms with Crippen LogP contribution in [0.2, 0.25) is 10.0 Å². The molecule has 0 fully saturated rings. The molecule has 0 bridgehead atoms. The largest absolute Gasteiger partial charge is 0.224 e. The molecule has 0 aliphatic heterocycles. The number of hydrogen-bond acceptors (Lipinski definition) is 2. The van der Waals surface area contributed by atoms with Crippen LogP contribution in [0.4, 0.5) is 0 Å². The Morgan fingerprint density at radius 3 is 1.92 bits per heavy atom. The summed E-state index contributed by atoms with van der Waals surface area (Å²) in [6, 6.07) is 5.34. The summed E-state index contributed by atoms with van der Waals surface area (Å²) in [5.74, 6) is 0. The Bertz CT molecular complexity index is 378. The molecule has 0 spiro atoms. The summed E-state index contributed by atoms with van der Waals surface area (Å²) in [7, 11) is -3.35. The van der Waals surface area contributed by atoms with Crippen molar-refractivity contribution in [3.8, 4) is 0 Å². The average Bonchev–Trinajstić information content (AvgIpc) is 1.82. The van der Waals surface area contributed by atoms with Gasteiger partial charge in [0.05, 0.1) is 10.0 Å². The summed E-state index contributed by atoms with van der Waals surface area (Å²) in [5.41, 5.74) is 0. The molecule has 0 saturated carbocycles. The second kappa shape index (κ2) is 3.24. The minimum atomic E-state index is -3.35. The molecular formula is C7H5Cl2O2S. The Morgan fingerprint density at radius 1 is 1.25 bits per heavy atom. The van der Waals surface area contributed by atoms with Crippen molar-refractivity contribution in [3.05, 3.63) is 28.2 Å². The van der Waals surface area contributed by atoms with Crippen LogP contribution in [0.3, 0.4) is 0 Å². The molecule has 0 saturated heterocycles. The third-order valence-corrected chi connectivity index (χ3v) is 3.23. The summed E-state index contributed by atoms with van der Waals surface area (Å²) >= 11 is 11.2. The standard InChI is InChI=1S/C7H5Cl2O2S/c1-12(10,11)7-5(8)3-2-4-6(7)9/h3-4H,1H3. The highest BCUT2D eigenvalue weighted by molar-refractivity contribution is 7.91. The van der Waals surface area contributed by atoms with Gasteiger partial charge in [0.2, 0.25) is 0 Å². The minimum Gasteiger partial charge on any atom is -0.224 e. The fraction of sp³-hybridized carbons (Fsp3) is 0.143. The zero-order valence-corrected chi connectivity index (χ0v) is 8.46. The summed E-state index contributed by atoms with van der Waals surface area (Å²) in [4.78, 5) is -0.0374. The molecule has 1 radical (unpaired) electrons. The first-order chi connectivity index (χ1) is 5.43. The van der Waals surface area contributed by atoms with Crippen LogP contribution in [-0.2, 0) is 9.84 Å². The summed E-state index contributed by atoms with van der Waals surface area (Å²) in [6.45, 7) is 0. The van der Waals surface area contributed by atoms with Gasteiger partial charge in [0.1, 0.15) is 4.90 Å². The van der Waals surface area contributed by atoms with E-state index in [2.05, 4.69) is 6.07 Å². The van der Waals surface area contributed by atoms with Crippen molar-refractivity contribution in [1.82, 2.24) is 0 Å². The second-order valence-electron chi connectivity index (χ2n) is 2.25. The fourth-order valence-corrected chi connectivity index (χ4v) is 2.83. The monoisotopic (exact) mass is 223 g/mol. The van der Waals surface area contributed by atoms with Crippen LogP contribution < -0.4 is 0 Å². The number of benzene rings is 1. The Labute approximate surface area is 81.0 Å². The number of halogens is 2. The molecular weight excluding hydrogens is 219 g/mol. The first-order valence-corrected chi connectivity index (χ1v) is 5.63. The summed E-state index contributed by atoms with van der Waals surface area (Å²) in [5, 5.41) is 0.204. The Hall–Kier alpha value is -0.250. The third kappa shape index (κ3) is 1.91. The smallest absolute Gasteiger partial charge is 0.178 e. The molecule has 5 heteroatoms. The summed E-state index contributed by atoms with van der Waals surface area (Å²) in [6.07, 6.45) is 1.06. The minimum absolute atomic E-state index is 0.0374. The summed E-state index contributed by atoms with van der Waals surface area (Å²) < 4.78 is 22.2. The van der Waals surface area contributed by atoms with E-state index in [1.807, 2.05) is 0 Å². The zero-order valence-electron chi connectivity index (χ0n) is 6.14. The molecule has 1 rings (SSSR count). The van der Waals surface area contributed by atoms with Gasteiger partial charge in [-0.15, -0.1) is 0 Å². The molecule has 0 atom stereocenters. The molecule has 2 nitrogen and oxygen atoms in total. The third-order valence-electron chi connectivity index (χ3n) is 1.22. The zero-order chi connectivity index (χ0) is 9.35. The van der Waals surface area contributed by atoms with Crippen LogP contribution in [-0.4, -0.2) is 14.7 Å². The van der Waals surface area contributed by atoms with Gasteiger partial charge >= 0.3 is 0 Å². The molecule has 0 aliphatic carbocycles. The Balaban J connectivity index is 3.53. The van der Waals surface area contributed by atoms with Crippen molar-refractivity contribution >= 4 is 33.0 Å². The molecule has 0 N–H and O–H groups in total. The lowest BCUT2D eigenvalue weighted by molar-refractivity contribution is 0.602. The Morgan fingerprint density at radius 2 is 1.67 bits per heavy atom. The van der Waals surface area contributed by atoms with E-state index in [0.29, 0.717) is 0 Å². The quantitative estimate of drug-likeness (QED) is 0.732. The maximum atomic E-state index is 11.1. The van der Waals surface area contributed by atoms with Gasteiger partial charge in [0, 0.05) is 6.26 Å². The van der Waals surface area contributed by atoms with E-state index in [1.54, 1.807) is 0 Å². The van der Waals surface area contributed by atoms with E-state index in [4.69, 9.17) is 23.2 Å². The van der Waals surface area contributed by atoms with Crippen LogP contribution in [0, 0.1) is 6.07 Å². The van der Waals surface area contributed by atoms with Crippen molar-refractivity contribution in [3.63, 3.8) is 0 Å². The van der Waals surface area contributed by atoms with Crippen LogP contribution in [0.15, 0.2) is 17.0 Å². The van der Waals surface area contributed by atoms with Crippen LogP contribution in [0.25, 0.3) is 0 Å². The van der Waals surface area contributed by atoms with Crippen molar-refractivity contribution in [2.75, 3.05) is 6.26 Å². The van der Waals surface area contributed by atoms with Gasteiger partial charge in [-0.3, -0.25) is 0 Å². The molecule has 1 aromatic carbocycles. The predicted molar refractivity (Wildman–Crippen MR) is 48.4 cm³/mol. The van der Waals surface area contributed by atoms with E-state index in [0.717, 1.165) is 6.26 Å². The molecule has 12 heavy (non-hydrogen) atoms. The normalized spacial score (nSPS) is 11.6. The topological polar surface area (TPSA) is 34.1 Å². The SMILES string of the molecule is CS(=O)(=O)c1c(Cl)c[c]cc1Cl. The van der Waals surface area contributed by atoms with Gasteiger partial charge in [0.15, 0.2) is 9.84 Å². The highest BCUT2D eigenvalue weighted by atomic mass is 35.5. The predicted octanol–water partition coefficient (Wildman–Crippen LogP) is 2.20. The molecule has 0 aliphatic rings. The van der Waals surface area contributed by atoms with Crippen molar-refractivity contribution in [2.45, 2.75) is 4.90 Å². The lowest BCUT2D eigenvalue weighted by Gasteiger charge is -2.02. The van der Waals surface area contributed by atoms with Gasteiger partial charge in [-0.05, 0) is 18.2 Å². The molecule has 65 valence electrons. The highest BCUT2D eigenvalue weighted by Crippen LogP contribution is 2.28. The van der Waals surface area contributed by atoms with Gasteiger partial charge in [-0.2, -0.15) is 0 Å². The number of rotatable bonds is 1. The molecule has 0 heterocycles. The lowest BCUT2D eigenvalue weighted by Crippen LogP contribution is -1.98. The van der Waals surface area contributed by atoms with E-state index in [1.165, 1.54) is 12.1 Å². The Kier molecular flexibility index (Phi) is 2.66. The first kappa shape index (κ1) is 9.84. The number of sulfone groups is 1. The average molecular weight is 224 g/mol. The van der Waals surface area contributed by atoms with E-state index in [-0.39, 0.29) is 14.9 Å². The van der Waals surface area contributed by atoms with Gasteiger partial charge in [-0.25, -0.2) is 8.42 Å². The maximum Gasteiger partial charge on any atom is 0.178 e. The van der Waals surface area contributed by atoms with Crippen molar-refractivity contribution in [2.24, 2.45) is 0 Å². The lowest BCUT2D eigenvalue weighted by atomic mass is 10.4. The number of hydrogen-bond donors (Lipinski definition) is 0. The van der Waals surface area contributed by atoms with Crippen LogP contribution in [0.5, 0.6) is 0 Å². The first-order valence-electron chi connectivity index (χ1n) is 2.98. The fourth-order valence-electron chi connectivity index (χ4n) is 0.787.